The third-order valence-corrected chi connectivity index (χ3v) is 5.06. The molecule has 1 heterocycles. The standard InChI is InChI=1S/C23H16ClFO2/c1-13-10-20-23(14(2)22(13)16-8-9-19(25)18(24)11-16)17(12-21(26)27-20)15-6-4-3-5-7-15/h3-12H,1-2H3. The zero-order chi connectivity index (χ0) is 19.1. The minimum atomic E-state index is -0.451. The Balaban J connectivity index is 2.10. The normalized spacial score (nSPS) is 11.1. The molecule has 0 saturated heterocycles. The summed E-state index contributed by atoms with van der Waals surface area (Å²) < 4.78 is 19.1. The van der Waals surface area contributed by atoms with Crippen LogP contribution in [0.4, 0.5) is 4.39 Å². The van der Waals surface area contributed by atoms with Crippen molar-refractivity contribution in [2.24, 2.45) is 0 Å². The largest absolute Gasteiger partial charge is 0.423 e. The van der Waals surface area contributed by atoms with Crippen LogP contribution in [0.1, 0.15) is 11.1 Å². The zero-order valence-electron chi connectivity index (χ0n) is 14.8. The molecule has 4 rings (SSSR count). The summed E-state index contributed by atoms with van der Waals surface area (Å²) in [5.41, 5.74) is 5.55. The molecule has 0 fully saturated rings. The fourth-order valence-corrected chi connectivity index (χ4v) is 3.81. The Morgan fingerprint density at radius 2 is 1.67 bits per heavy atom. The number of hydrogen-bond donors (Lipinski definition) is 0. The number of hydrogen-bond acceptors (Lipinski definition) is 2. The summed E-state index contributed by atoms with van der Waals surface area (Å²) in [6, 6.07) is 17.8. The van der Waals surface area contributed by atoms with Gasteiger partial charge >= 0.3 is 5.63 Å². The molecule has 0 radical (unpaired) electrons. The first kappa shape index (κ1) is 17.5. The summed E-state index contributed by atoms with van der Waals surface area (Å²) >= 11 is 6.00. The van der Waals surface area contributed by atoms with Gasteiger partial charge in [-0.1, -0.05) is 48.0 Å². The van der Waals surface area contributed by atoms with E-state index in [1.165, 1.54) is 12.1 Å². The average Bonchev–Trinajstić information content (AvgIpc) is 2.64. The quantitative estimate of drug-likeness (QED) is 0.371. The molecule has 4 heteroatoms. The van der Waals surface area contributed by atoms with Crippen molar-refractivity contribution in [1.82, 2.24) is 0 Å². The lowest BCUT2D eigenvalue weighted by Crippen LogP contribution is -2.01. The highest BCUT2D eigenvalue weighted by Gasteiger charge is 2.17. The van der Waals surface area contributed by atoms with E-state index in [4.69, 9.17) is 16.0 Å². The van der Waals surface area contributed by atoms with Gasteiger partial charge in [0.05, 0.1) is 5.02 Å². The van der Waals surface area contributed by atoms with Crippen LogP contribution in [-0.2, 0) is 0 Å². The number of benzene rings is 3. The van der Waals surface area contributed by atoms with Crippen molar-refractivity contribution in [2.45, 2.75) is 13.8 Å². The highest BCUT2D eigenvalue weighted by Crippen LogP contribution is 2.38. The average molecular weight is 379 g/mol. The first-order chi connectivity index (χ1) is 13.0. The Labute approximate surface area is 160 Å². The van der Waals surface area contributed by atoms with E-state index in [2.05, 4.69) is 0 Å². The molecule has 3 aromatic carbocycles. The Morgan fingerprint density at radius 1 is 0.926 bits per heavy atom. The molecule has 0 aliphatic carbocycles. The van der Waals surface area contributed by atoms with E-state index >= 15 is 0 Å². The summed E-state index contributed by atoms with van der Waals surface area (Å²) in [7, 11) is 0. The van der Waals surface area contributed by atoms with Gasteiger partial charge in [-0.2, -0.15) is 0 Å². The van der Waals surface area contributed by atoms with E-state index in [-0.39, 0.29) is 5.02 Å². The van der Waals surface area contributed by atoms with Crippen molar-refractivity contribution < 1.29 is 8.81 Å². The molecular formula is C23H16ClFO2. The molecule has 0 unspecified atom stereocenters. The summed E-state index contributed by atoms with van der Waals surface area (Å²) in [6.45, 7) is 3.92. The summed E-state index contributed by atoms with van der Waals surface area (Å²) in [5.74, 6) is -0.451. The molecule has 0 atom stereocenters. The number of halogens is 2. The lowest BCUT2D eigenvalue weighted by atomic mass is 9.90. The van der Waals surface area contributed by atoms with Crippen LogP contribution in [0.15, 0.2) is 69.9 Å². The van der Waals surface area contributed by atoms with Crippen LogP contribution in [0.25, 0.3) is 33.2 Å². The van der Waals surface area contributed by atoms with Gasteiger partial charge < -0.3 is 4.42 Å². The van der Waals surface area contributed by atoms with Crippen molar-refractivity contribution in [3.8, 4) is 22.3 Å². The Bertz CT molecular complexity index is 1230. The highest BCUT2D eigenvalue weighted by atomic mass is 35.5. The third-order valence-electron chi connectivity index (χ3n) is 4.77. The lowest BCUT2D eigenvalue weighted by molar-refractivity contribution is 0.561. The SMILES string of the molecule is Cc1cc2oc(=O)cc(-c3ccccc3)c2c(C)c1-c1ccc(F)c(Cl)c1. The number of aryl methyl sites for hydroxylation is 2. The maximum absolute atomic E-state index is 13.6. The van der Waals surface area contributed by atoms with Crippen LogP contribution in [0.2, 0.25) is 5.02 Å². The van der Waals surface area contributed by atoms with Crippen molar-refractivity contribution in [3.05, 3.63) is 93.1 Å². The number of rotatable bonds is 2. The van der Waals surface area contributed by atoms with E-state index in [0.29, 0.717) is 5.58 Å². The van der Waals surface area contributed by atoms with Gasteiger partial charge in [0.25, 0.3) is 0 Å². The van der Waals surface area contributed by atoms with E-state index in [1.54, 1.807) is 12.1 Å². The Kier molecular flexibility index (Phi) is 4.33. The molecule has 134 valence electrons. The van der Waals surface area contributed by atoms with Crippen molar-refractivity contribution >= 4 is 22.6 Å². The van der Waals surface area contributed by atoms with Gasteiger partial charge in [0.1, 0.15) is 11.4 Å². The molecule has 27 heavy (non-hydrogen) atoms. The molecule has 0 amide bonds. The first-order valence-electron chi connectivity index (χ1n) is 8.54. The van der Waals surface area contributed by atoms with Gasteiger partial charge in [-0.3, -0.25) is 0 Å². The Hall–Kier alpha value is -2.91. The maximum atomic E-state index is 13.6. The molecule has 0 spiro atoms. The second-order valence-corrected chi connectivity index (χ2v) is 6.95. The second-order valence-electron chi connectivity index (χ2n) is 6.54. The van der Waals surface area contributed by atoms with E-state index in [9.17, 15) is 9.18 Å². The Morgan fingerprint density at radius 3 is 2.37 bits per heavy atom. The van der Waals surface area contributed by atoms with E-state index < -0.39 is 11.4 Å². The molecule has 0 N–H and O–H groups in total. The van der Waals surface area contributed by atoms with Gasteiger partial charge in [0, 0.05) is 17.0 Å². The van der Waals surface area contributed by atoms with Crippen molar-refractivity contribution in [3.63, 3.8) is 0 Å². The molecule has 2 nitrogen and oxygen atoms in total. The minimum Gasteiger partial charge on any atom is -0.423 e. The fraction of sp³-hybridized carbons (Fsp3) is 0.0870. The summed E-state index contributed by atoms with van der Waals surface area (Å²) in [4.78, 5) is 12.1. The minimum absolute atomic E-state index is 0.0780. The van der Waals surface area contributed by atoms with Gasteiger partial charge in [0.15, 0.2) is 0 Å². The molecule has 0 bridgehead atoms. The smallest absolute Gasteiger partial charge is 0.336 e. The predicted octanol–water partition coefficient (Wildman–Crippen LogP) is 6.54. The van der Waals surface area contributed by atoms with E-state index in [0.717, 1.165) is 38.8 Å². The molecule has 0 saturated carbocycles. The van der Waals surface area contributed by atoms with Crippen LogP contribution >= 0.6 is 11.6 Å². The van der Waals surface area contributed by atoms with Crippen LogP contribution in [0.3, 0.4) is 0 Å². The van der Waals surface area contributed by atoms with Crippen LogP contribution in [0, 0.1) is 19.7 Å². The van der Waals surface area contributed by atoms with Crippen LogP contribution in [-0.4, -0.2) is 0 Å². The topological polar surface area (TPSA) is 30.2 Å². The van der Waals surface area contributed by atoms with Gasteiger partial charge in [0.2, 0.25) is 0 Å². The van der Waals surface area contributed by atoms with Crippen molar-refractivity contribution in [2.75, 3.05) is 0 Å². The van der Waals surface area contributed by atoms with Gasteiger partial charge in [-0.05, 0) is 59.9 Å². The van der Waals surface area contributed by atoms with Gasteiger partial charge in [-0.15, -0.1) is 0 Å². The molecule has 0 aliphatic heterocycles. The molecule has 4 aromatic rings. The van der Waals surface area contributed by atoms with Crippen LogP contribution in [0.5, 0.6) is 0 Å². The highest BCUT2D eigenvalue weighted by molar-refractivity contribution is 6.31. The number of fused-ring (bicyclic) bond motifs is 1. The molecular weight excluding hydrogens is 363 g/mol. The predicted molar refractivity (Wildman–Crippen MR) is 108 cm³/mol. The second kappa shape index (κ2) is 6.67. The zero-order valence-corrected chi connectivity index (χ0v) is 15.6. The molecule has 0 aliphatic rings. The third kappa shape index (κ3) is 3.04. The molecule has 1 aromatic heterocycles. The monoisotopic (exact) mass is 378 g/mol. The summed E-state index contributed by atoms with van der Waals surface area (Å²) in [5, 5.41) is 0.941. The maximum Gasteiger partial charge on any atom is 0.336 e. The van der Waals surface area contributed by atoms with E-state index in [1.807, 2.05) is 50.2 Å². The van der Waals surface area contributed by atoms with Gasteiger partial charge in [-0.25, -0.2) is 9.18 Å². The fourth-order valence-electron chi connectivity index (χ4n) is 3.63. The lowest BCUT2D eigenvalue weighted by Gasteiger charge is -2.16. The van der Waals surface area contributed by atoms with Crippen molar-refractivity contribution in [1.29, 1.82) is 0 Å². The summed E-state index contributed by atoms with van der Waals surface area (Å²) in [6.07, 6.45) is 0. The van der Waals surface area contributed by atoms with Crippen LogP contribution < -0.4 is 5.63 Å². The first-order valence-corrected chi connectivity index (χ1v) is 8.92.